The maximum atomic E-state index is 12.3. The first-order valence-electron chi connectivity index (χ1n) is 7.21. The maximum absolute atomic E-state index is 12.3. The van der Waals surface area contributed by atoms with Gasteiger partial charge in [0.25, 0.3) is 0 Å². The van der Waals surface area contributed by atoms with Crippen LogP contribution in [0.25, 0.3) is 0 Å². The van der Waals surface area contributed by atoms with Gasteiger partial charge in [0.05, 0.1) is 4.90 Å². The molecule has 1 fully saturated rings. The molecule has 1 aliphatic rings. The highest BCUT2D eigenvalue weighted by Crippen LogP contribution is 2.17. The van der Waals surface area contributed by atoms with Crippen molar-refractivity contribution in [2.45, 2.75) is 57.0 Å². The Balaban J connectivity index is 2.03. The second-order valence-electron chi connectivity index (χ2n) is 5.82. The highest BCUT2D eigenvalue weighted by Gasteiger charge is 2.21. The van der Waals surface area contributed by atoms with Gasteiger partial charge in [-0.3, -0.25) is 0 Å². The van der Waals surface area contributed by atoms with Crippen molar-refractivity contribution >= 4 is 10.0 Å². The molecule has 0 amide bonds. The first-order valence-corrected chi connectivity index (χ1v) is 8.70. The number of nitrogens with one attached hydrogen (secondary N) is 2. The average Bonchev–Trinajstić information content (AvgIpc) is 2.36. The normalized spacial score (nSPS) is 23.8. The summed E-state index contributed by atoms with van der Waals surface area (Å²) in [5, 5.41) is 3.44. The number of piperidine rings is 1. The summed E-state index contributed by atoms with van der Waals surface area (Å²) in [5.74, 6) is 0. The maximum Gasteiger partial charge on any atom is 0.240 e. The molecular formula is C15H24N2O2S. The second kappa shape index (κ2) is 6.24. The van der Waals surface area contributed by atoms with Crippen LogP contribution < -0.4 is 10.0 Å². The van der Waals surface area contributed by atoms with Crippen LogP contribution >= 0.6 is 0 Å². The number of hydrogen-bond donors (Lipinski definition) is 2. The van der Waals surface area contributed by atoms with Crippen LogP contribution in [0.2, 0.25) is 0 Å². The smallest absolute Gasteiger partial charge is 0.240 e. The molecule has 2 unspecified atom stereocenters. The zero-order chi connectivity index (χ0) is 14.8. The van der Waals surface area contributed by atoms with Crippen molar-refractivity contribution < 1.29 is 8.42 Å². The van der Waals surface area contributed by atoms with E-state index in [4.69, 9.17) is 0 Å². The average molecular weight is 296 g/mol. The molecule has 2 atom stereocenters. The highest BCUT2D eigenvalue weighted by atomic mass is 32.2. The molecule has 2 N–H and O–H groups in total. The van der Waals surface area contributed by atoms with Crippen molar-refractivity contribution in [1.82, 2.24) is 10.0 Å². The standard InChI is InChI=1S/C15H24N2O2S/c1-11-7-8-15(12(2)9-11)20(18,19)16-10-14-6-4-5-13(3)17-14/h7-9,13-14,16-17H,4-6,10H2,1-3H3. The van der Waals surface area contributed by atoms with Crippen LogP contribution in [0.3, 0.4) is 0 Å². The summed E-state index contributed by atoms with van der Waals surface area (Å²) in [4.78, 5) is 0.381. The van der Waals surface area contributed by atoms with Gasteiger partial charge in [-0.05, 0) is 45.2 Å². The molecule has 0 bridgehead atoms. The molecule has 20 heavy (non-hydrogen) atoms. The summed E-state index contributed by atoms with van der Waals surface area (Å²) in [6.07, 6.45) is 3.35. The molecule has 112 valence electrons. The van der Waals surface area contributed by atoms with Crippen molar-refractivity contribution in [2.75, 3.05) is 6.54 Å². The zero-order valence-electron chi connectivity index (χ0n) is 12.4. The molecule has 0 spiro atoms. The van der Waals surface area contributed by atoms with E-state index < -0.39 is 10.0 Å². The minimum absolute atomic E-state index is 0.235. The fourth-order valence-corrected chi connectivity index (χ4v) is 4.10. The van der Waals surface area contributed by atoms with Crippen LogP contribution in [0.5, 0.6) is 0 Å². The summed E-state index contributed by atoms with van der Waals surface area (Å²) in [7, 11) is -3.41. The van der Waals surface area contributed by atoms with Crippen LogP contribution in [0, 0.1) is 13.8 Å². The lowest BCUT2D eigenvalue weighted by molar-refractivity contribution is 0.334. The Morgan fingerprint density at radius 3 is 2.70 bits per heavy atom. The van der Waals surface area contributed by atoms with E-state index in [9.17, 15) is 8.42 Å². The van der Waals surface area contributed by atoms with Crippen molar-refractivity contribution in [3.8, 4) is 0 Å². The van der Waals surface area contributed by atoms with Crippen LogP contribution in [0.4, 0.5) is 0 Å². The fraction of sp³-hybridized carbons (Fsp3) is 0.600. The van der Waals surface area contributed by atoms with E-state index in [-0.39, 0.29) is 6.04 Å². The number of rotatable bonds is 4. The molecule has 1 aromatic carbocycles. The Labute approximate surface area is 122 Å². The SMILES string of the molecule is Cc1ccc(S(=O)(=O)NCC2CCCC(C)N2)c(C)c1. The van der Waals surface area contributed by atoms with E-state index in [0.29, 0.717) is 17.5 Å². The van der Waals surface area contributed by atoms with Gasteiger partial charge in [0.2, 0.25) is 10.0 Å². The van der Waals surface area contributed by atoms with Gasteiger partial charge in [-0.15, -0.1) is 0 Å². The van der Waals surface area contributed by atoms with Gasteiger partial charge in [-0.2, -0.15) is 0 Å². The molecule has 5 heteroatoms. The molecule has 4 nitrogen and oxygen atoms in total. The molecule has 0 radical (unpaired) electrons. The van der Waals surface area contributed by atoms with Crippen LogP contribution in [0.1, 0.15) is 37.3 Å². The summed E-state index contributed by atoms with van der Waals surface area (Å²) < 4.78 is 27.4. The monoisotopic (exact) mass is 296 g/mol. The molecule has 1 aliphatic heterocycles. The topological polar surface area (TPSA) is 58.2 Å². The Hall–Kier alpha value is -0.910. The van der Waals surface area contributed by atoms with Gasteiger partial charge < -0.3 is 5.32 Å². The molecule has 0 aliphatic carbocycles. The number of aryl methyl sites for hydroxylation is 2. The van der Waals surface area contributed by atoms with E-state index in [2.05, 4.69) is 17.0 Å². The Morgan fingerprint density at radius 2 is 2.05 bits per heavy atom. The fourth-order valence-electron chi connectivity index (χ4n) is 2.79. The van der Waals surface area contributed by atoms with Gasteiger partial charge in [-0.25, -0.2) is 13.1 Å². The second-order valence-corrected chi connectivity index (χ2v) is 7.55. The van der Waals surface area contributed by atoms with E-state index in [0.717, 1.165) is 24.0 Å². The third kappa shape index (κ3) is 3.81. The minimum atomic E-state index is -3.41. The summed E-state index contributed by atoms with van der Waals surface area (Å²) in [5.41, 5.74) is 1.87. The van der Waals surface area contributed by atoms with Gasteiger partial charge in [-0.1, -0.05) is 24.1 Å². The van der Waals surface area contributed by atoms with Crippen molar-refractivity contribution in [2.24, 2.45) is 0 Å². The zero-order valence-corrected chi connectivity index (χ0v) is 13.3. The third-order valence-corrected chi connectivity index (χ3v) is 5.43. The first-order chi connectivity index (χ1) is 9.38. The molecule has 1 aromatic rings. The number of hydrogen-bond acceptors (Lipinski definition) is 3. The third-order valence-electron chi connectivity index (χ3n) is 3.85. The van der Waals surface area contributed by atoms with Crippen molar-refractivity contribution in [3.05, 3.63) is 29.3 Å². The Kier molecular flexibility index (Phi) is 4.83. The molecule has 1 heterocycles. The minimum Gasteiger partial charge on any atom is -0.310 e. The molecule has 2 rings (SSSR count). The molecule has 0 saturated carbocycles. The molecular weight excluding hydrogens is 272 g/mol. The van der Waals surface area contributed by atoms with E-state index in [1.54, 1.807) is 6.07 Å². The van der Waals surface area contributed by atoms with Crippen LogP contribution in [-0.2, 0) is 10.0 Å². The predicted molar refractivity (Wildman–Crippen MR) is 81.3 cm³/mol. The lowest BCUT2D eigenvalue weighted by atomic mass is 10.00. The summed E-state index contributed by atoms with van der Waals surface area (Å²) in [6.45, 7) is 6.40. The van der Waals surface area contributed by atoms with Gasteiger partial charge in [0, 0.05) is 18.6 Å². The molecule has 0 aromatic heterocycles. The van der Waals surface area contributed by atoms with Crippen LogP contribution in [-0.4, -0.2) is 27.0 Å². The van der Waals surface area contributed by atoms with E-state index >= 15 is 0 Å². The van der Waals surface area contributed by atoms with E-state index in [1.165, 1.54) is 6.42 Å². The van der Waals surface area contributed by atoms with Crippen LogP contribution in [0.15, 0.2) is 23.1 Å². The molecule has 1 saturated heterocycles. The van der Waals surface area contributed by atoms with Gasteiger partial charge in [0.1, 0.15) is 0 Å². The first kappa shape index (κ1) is 15.5. The number of sulfonamides is 1. The Bertz CT molecular complexity index is 569. The largest absolute Gasteiger partial charge is 0.310 e. The summed E-state index contributed by atoms with van der Waals surface area (Å²) in [6, 6.07) is 6.13. The van der Waals surface area contributed by atoms with Crippen molar-refractivity contribution in [1.29, 1.82) is 0 Å². The van der Waals surface area contributed by atoms with E-state index in [1.807, 2.05) is 26.0 Å². The van der Waals surface area contributed by atoms with Gasteiger partial charge >= 0.3 is 0 Å². The Morgan fingerprint density at radius 1 is 1.30 bits per heavy atom. The lowest BCUT2D eigenvalue weighted by Gasteiger charge is -2.28. The highest BCUT2D eigenvalue weighted by molar-refractivity contribution is 7.89. The summed E-state index contributed by atoms with van der Waals surface area (Å²) >= 11 is 0. The van der Waals surface area contributed by atoms with Gasteiger partial charge in [0.15, 0.2) is 0 Å². The predicted octanol–water partition coefficient (Wildman–Crippen LogP) is 2.11. The lowest BCUT2D eigenvalue weighted by Crippen LogP contribution is -2.47. The number of benzene rings is 1. The van der Waals surface area contributed by atoms with Crippen molar-refractivity contribution in [3.63, 3.8) is 0 Å². The quantitative estimate of drug-likeness (QED) is 0.894.